The van der Waals surface area contributed by atoms with Crippen LogP contribution in [0.25, 0.3) is 0 Å². The van der Waals surface area contributed by atoms with Crippen molar-refractivity contribution in [1.29, 1.82) is 0 Å². The minimum atomic E-state index is -0.932. The fourth-order valence-electron chi connectivity index (χ4n) is 2.73. The number of rotatable bonds is 8. The van der Waals surface area contributed by atoms with Crippen molar-refractivity contribution in [2.45, 2.75) is 19.1 Å². The second-order valence-corrected chi connectivity index (χ2v) is 6.27. The molecule has 1 heterocycles. The van der Waals surface area contributed by atoms with Gasteiger partial charge in [0.05, 0.1) is 13.4 Å². The van der Waals surface area contributed by atoms with E-state index in [0.29, 0.717) is 5.56 Å². The maximum atomic E-state index is 13.8. The van der Waals surface area contributed by atoms with Gasteiger partial charge in [-0.25, -0.2) is 9.18 Å². The van der Waals surface area contributed by atoms with Crippen molar-refractivity contribution in [1.82, 2.24) is 5.32 Å². The van der Waals surface area contributed by atoms with Gasteiger partial charge >= 0.3 is 5.97 Å². The Balaban J connectivity index is 1.69. The van der Waals surface area contributed by atoms with Gasteiger partial charge in [-0.05, 0) is 35.4 Å². The number of esters is 1. The molecule has 7 heteroatoms. The third-order valence-corrected chi connectivity index (χ3v) is 4.21. The van der Waals surface area contributed by atoms with Crippen LogP contribution in [-0.2, 0) is 22.6 Å². The van der Waals surface area contributed by atoms with Gasteiger partial charge in [0, 0.05) is 6.42 Å². The van der Waals surface area contributed by atoms with Gasteiger partial charge in [-0.15, -0.1) is 0 Å². The Morgan fingerprint density at radius 1 is 1.07 bits per heavy atom. The molecule has 0 spiro atoms. The summed E-state index contributed by atoms with van der Waals surface area (Å²) in [5.74, 6) is -1.51. The molecule has 0 aliphatic rings. The normalized spacial score (nSPS) is 11.5. The molecule has 3 rings (SSSR count). The fourth-order valence-corrected chi connectivity index (χ4v) is 2.73. The minimum absolute atomic E-state index is 0.0908. The van der Waals surface area contributed by atoms with E-state index in [1.165, 1.54) is 31.6 Å². The van der Waals surface area contributed by atoms with Gasteiger partial charge in [0.1, 0.15) is 12.6 Å². The topological polar surface area (TPSA) is 77.8 Å². The average Bonchev–Trinajstić information content (AvgIpc) is 3.27. The van der Waals surface area contributed by atoms with Gasteiger partial charge in [-0.3, -0.25) is 4.79 Å². The Morgan fingerprint density at radius 2 is 1.86 bits per heavy atom. The van der Waals surface area contributed by atoms with Crippen molar-refractivity contribution in [2.24, 2.45) is 0 Å². The summed E-state index contributed by atoms with van der Waals surface area (Å²) in [4.78, 5) is 25.0. The molecule has 0 saturated heterocycles. The zero-order valence-electron chi connectivity index (χ0n) is 15.8. The molecule has 2 aromatic carbocycles. The van der Waals surface area contributed by atoms with Gasteiger partial charge in [0.2, 0.25) is 0 Å². The van der Waals surface area contributed by atoms with E-state index in [2.05, 4.69) is 5.32 Å². The first-order valence-corrected chi connectivity index (χ1v) is 8.94. The number of amides is 1. The Hall–Kier alpha value is -3.61. The van der Waals surface area contributed by atoms with Gasteiger partial charge in [-0.2, -0.15) is 0 Å². The SMILES string of the molecule is COc1ccc(COC(=O)[C@H](Cc2ccccc2)NC(=O)c2ccco2)cc1F. The number of methoxy groups -OCH3 is 1. The van der Waals surface area contributed by atoms with Crippen LogP contribution >= 0.6 is 0 Å². The molecule has 6 nitrogen and oxygen atoms in total. The van der Waals surface area contributed by atoms with Gasteiger partial charge in [0.15, 0.2) is 17.3 Å². The zero-order chi connectivity index (χ0) is 20.6. The minimum Gasteiger partial charge on any atom is -0.494 e. The Morgan fingerprint density at radius 3 is 2.52 bits per heavy atom. The standard InChI is InChI=1S/C22H20FNO5/c1-27-19-10-9-16(12-17(19)23)14-29-22(26)18(13-15-6-3-2-4-7-15)24-21(25)20-8-5-11-28-20/h2-12,18H,13-14H2,1H3,(H,24,25)/t18-/m0/s1. The van der Waals surface area contributed by atoms with Crippen molar-refractivity contribution >= 4 is 11.9 Å². The number of carbonyl (C=O) groups excluding carboxylic acids is 2. The summed E-state index contributed by atoms with van der Waals surface area (Å²) in [5.41, 5.74) is 1.32. The molecule has 29 heavy (non-hydrogen) atoms. The number of furan rings is 1. The lowest BCUT2D eigenvalue weighted by atomic mass is 10.1. The highest BCUT2D eigenvalue weighted by Gasteiger charge is 2.24. The van der Waals surface area contributed by atoms with Crippen LogP contribution in [0.3, 0.4) is 0 Å². The molecule has 0 saturated carbocycles. The number of hydrogen-bond donors (Lipinski definition) is 1. The summed E-state index contributed by atoms with van der Waals surface area (Å²) in [7, 11) is 1.37. The van der Waals surface area contributed by atoms with E-state index in [1.807, 2.05) is 30.3 Å². The van der Waals surface area contributed by atoms with E-state index in [4.69, 9.17) is 13.9 Å². The summed E-state index contributed by atoms with van der Waals surface area (Å²) in [6.45, 7) is -0.137. The van der Waals surface area contributed by atoms with Crippen molar-refractivity contribution in [3.63, 3.8) is 0 Å². The van der Waals surface area contributed by atoms with Crippen LogP contribution < -0.4 is 10.1 Å². The number of hydrogen-bond acceptors (Lipinski definition) is 5. The molecule has 150 valence electrons. The zero-order valence-corrected chi connectivity index (χ0v) is 15.8. The van der Waals surface area contributed by atoms with Crippen molar-refractivity contribution < 1.29 is 27.9 Å². The summed E-state index contributed by atoms with van der Waals surface area (Å²) < 4.78 is 29.1. The van der Waals surface area contributed by atoms with E-state index in [9.17, 15) is 14.0 Å². The molecule has 0 bridgehead atoms. The summed E-state index contributed by atoms with van der Waals surface area (Å²) >= 11 is 0. The molecule has 0 aliphatic carbocycles. The third kappa shape index (κ3) is 5.44. The predicted molar refractivity (Wildman–Crippen MR) is 103 cm³/mol. The monoisotopic (exact) mass is 397 g/mol. The number of nitrogens with one attached hydrogen (secondary N) is 1. The first-order valence-electron chi connectivity index (χ1n) is 8.94. The molecule has 1 aromatic heterocycles. The number of benzene rings is 2. The maximum Gasteiger partial charge on any atom is 0.329 e. The fraction of sp³-hybridized carbons (Fsp3) is 0.182. The lowest BCUT2D eigenvalue weighted by molar-refractivity contribution is -0.147. The Bertz CT molecular complexity index is 957. The second-order valence-electron chi connectivity index (χ2n) is 6.27. The molecule has 1 N–H and O–H groups in total. The molecule has 0 fully saturated rings. The third-order valence-electron chi connectivity index (χ3n) is 4.21. The van der Waals surface area contributed by atoms with Gasteiger partial charge < -0.3 is 19.2 Å². The number of halogens is 1. The van der Waals surface area contributed by atoms with E-state index in [1.54, 1.807) is 12.1 Å². The molecule has 0 unspecified atom stereocenters. The number of carbonyl (C=O) groups is 2. The smallest absolute Gasteiger partial charge is 0.329 e. The highest BCUT2D eigenvalue weighted by atomic mass is 19.1. The first-order chi connectivity index (χ1) is 14.1. The summed E-state index contributed by atoms with van der Waals surface area (Å²) in [6, 6.07) is 15.7. The van der Waals surface area contributed by atoms with Crippen LogP contribution in [0.5, 0.6) is 5.75 Å². The van der Waals surface area contributed by atoms with E-state index in [-0.39, 0.29) is 24.5 Å². The molecular formula is C22H20FNO5. The lowest BCUT2D eigenvalue weighted by Gasteiger charge is -2.17. The summed E-state index contributed by atoms with van der Waals surface area (Å²) in [5, 5.41) is 2.63. The summed E-state index contributed by atoms with van der Waals surface area (Å²) in [6.07, 6.45) is 1.61. The van der Waals surface area contributed by atoms with Gasteiger partial charge in [0.25, 0.3) is 5.91 Å². The molecule has 1 amide bonds. The first kappa shape index (κ1) is 20.1. The van der Waals surface area contributed by atoms with Crippen LogP contribution in [0.2, 0.25) is 0 Å². The molecule has 1 atom stereocenters. The number of ether oxygens (including phenoxy) is 2. The largest absolute Gasteiger partial charge is 0.494 e. The maximum absolute atomic E-state index is 13.8. The van der Waals surface area contributed by atoms with Crippen molar-refractivity contribution in [2.75, 3.05) is 7.11 Å². The quantitative estimate of drug-likeness (QED) is 0.589. The second kappa shape index (κ2) is 9.54. The molecular weight excluding hydrogens is 377 g/mol. The molecule has 3 aromatic rings. The van der Waals surface area contributed by atoms with Crippen LogP contribution in [0.4, 0.5) is 4.39 Å². The highest BCUT2D eigenvalue weighted by Crippen LogP contribution is 2.18. The van der Waals surface area contributed by atoms with Crippen LogP contribution in [0, 0.1) is 5.82 Å². The van der Waals surface area contributed by atoms with Crippen molar-refractivity contribution in [3.05, 3.63) is 89.6 Å². The van der Waals surface area contributed by atoms with E-state index < -0.39 is 23.7 Å². The van der Waals surface area contributed by atoms with Crippen LogP contribution in [-0.4, -0.2) is 25.0 Å². The van der Waals surface area contributed by atoms with Crippen LogP contribution in [0.15, 0.2) is 71.3 Å². The predicted octanol–water partition coefficient (Wildman–Crippen LogP) is 3.51. The van der Waals surface area contributed by atoms with E-state index >= 15 is 0 Å². The van der Waals surface area contributed by atoms with Gasteiger partial charge in [-0.1, -0.05) is 36.4 Å². The molecule has 0 radical (unpaired) electrons. The van der Waals surface area contributed by atoms with E-state index in [0.717, 1.165) is 5.56 Å². The Labute approximate surface area is 167 Å². The highest BCUT2D eigenvalue weighted by molar-refractivity contribution is 5.94. The molecule has 0 aliphatic heterocycles. The van der Waals surface area contributed by atoms with Crippen molar-refractivity contribution in [3.8, 4) is 5.75 Å². The average molecular weight is 397 g/mol. The lowest BCUT2D eigenvalue weighted by Crippen LogP contribution is -2.43. The Kier molecular flexibility index (Phi) is 6.63. The van der Waals surface area contributed by atoms with Crippen LogP contribution in [0.1, 0.15) is 21.7 Å².